The molecule has 5 heteroatoms. The molecule has 0 spiro atoms. The van der Waals surface area contributed by atoms with Crippen molar-refractivity contribution in [1.82, 2.24) is 10.2 Å². The van der Waals surface area contributed by atoms with Crippen molar-refractivity contribution in [2.75, 3.05) is 13.1 Å². The fourth-order valence-corrected chi connectivity index (χ4v) is 3.17. The molecule has 0 aromatic heterocycles. The average Bonchev–Trinajstić information content (AvgIpc) is 2.92. The minimum absolute atomic E-state index is 0.00781. The third-order valence-corrected chi connectivity index (χ3v) is 4.78. The van der Waals surface area contributed by atoms with Gasteiger partial charge in [-0.25, -0.2) is 0 Å². The minimum Gasteiger partial charge on any atom is -0.331 e. The van der Waals surface area contributed by atoms with Crippen molar-refractivity contribution in [3.63, 3.8) is 0 Å². The Balaban J connectivity index is 2.33. The van der Waals surface area contributed by atoms with Crippen LogP contribution in [0.1, 0.15) is 37.6 Å². The van der Waals surface area contributed by atoms with E-state index in [9.17, 15) is 4.79 Å². The third kappa shape index (κ3) is 3.71. The van der Waals surface area contributed by atoms with E-state index in [0.29, 0.717) is 21.5 Å². The lowest BCUT2D eigenvalue weighted by molar-refractivity contribution is 0.0551. The predicted octanol–water partition coefficient (Wildman–Crippen LogP) is 3.84. The van der Waals surface area contributed by atoms with Gasteiger partial charge in [-0.1, -0.05) is 37.0 Å². The van der Waals surface area contributed by atoms with E-state index in [1.54, 1.807) is 18.2 Å². The fourth-order valence-electron chi connectivity index (χ4n) is 2.68. The molecule has 1 N–H and O–H groups in total. The van der Waals surface area contributed by atoms with Crippen LogP contribution in [0.25, 0.3) is 0 Å². The fraction of sp³-hybridized carbons (Fsp3) is 0.562. The summed E-state index contributed by atoms with van der Waals surface area (Å²) in [5.74, 6) is 0.382. The lowest BCUT2D eigenvalue weighted by Gasteiger charge is -2.36. The molecule has 0 bridgehead atoms. The van der Waals surface area contributed by atoms with E-state index in [-0.39, 0.29) is 18.0 Å². The summed E-state index contributed by atoms with van der Waals surface area (Å²) in [4.78, 5) is 15.0. The van der Waals surface area contributed by atoms with E-state index >= 15 is 0 Å². The molecule has 116 valence electrons. The lowest BCUT2D eigenvalue weighted by Crippen LogP contribution is -2.49. The Bertz CT molecular complexity index is 511. The molecule has 1 amide bonds. The van der Waals surface area contributed by atoms with E-state index in [1.807, 2.05) is 4.90 Å². The highest BCUT2D eigenvalue weighted by atomic mass is 35.5. The first-order chi connectivity index (χ1) is 9.91. The molecule has 0 saturated carbocycles. The molecular weight excluding hydrogens is 307 g/mol. The molecule has 0 aliphatic carbocycles. The van der Waals surface area contributed by atoms with Crippen LogP contribution in [-0.2, 0) is 0 Å². The van der Waals surface area contributed by atoms with Crippen LogP contribution in [0.3, 0.4) is 0 Å². The molecule has 1 saturated heterocycles. The van der Waals surface area contributed by atoms with Crippen LogP contribution in [0.15, 0.2) is 18.2 Å². The van der Waals surface area contributed by atoms with Crippen LogP contribution in [0.4, 0.5) is 0 Å². The minimum atomic E-state index is -0.00781. The molecule has 2 unspecified atom stereocenters. The van der Waals surface area contributed by atoms with E-state index in [4.69, 9.17) is 23.2 Å². The van der Waals surface area contributed by atoms with E-state index in [1.165, 1.54) is 0 Å². The van der Waals surface area contributed by atoms with Gasteiger partial charge in [0.05, 0.1) is 10.6 Å². The molecular formula is C16H22Cl2N2O. The van der Waals surface area contributed by atoms with Gasteiger partial charge in [-0.3, -0.25) is 4.79 Å². The second kappa shape index (κ2) is 6.99. The van der Waals surface area contributed by atoms with Gasteiger partial charge in [-0.15, -0.1) is 0 Å². The van der Waals surface area contributed by atoms with Gasteiger partial charge in [0.25, 0.3) is 5.91 Å². The normalized spacial score (nSPS) is 19.8. The van der Waals surface area contributed by atoms with Crippen molar-refractivity contribution in [2.45, 2.75) is 39.3 Å². The summed E-state index contributed by atoms with van der Waals surface area (Å²) in [6.07, 6.45) is 0.980. The number of nitrogens with one attached hydrogen (secondary N) is 1. The number of rotatable bonds is 4. The van der Waals surface area contributed by atoms with Crippen LogP contribution in [-0.4, -0.2) is 36.0 Å². The summed E-state index contributed by atoms with van der Waals surface area (Å²) in [6, 6.07) is 5.44. The SMILES string of the molecule is CC(C)C(C)N(C(=O)c1ccc(Cl)cc1Cl)C1CCNC1. The highest BCUT2D eigenvalue weighted by Crippen LogP contribution is 2.26. The van der Waals surface area contributed by atoms with Gasteiger partial charge >= 0.3 is 0 Å². The quantitative estimate of drug-likeness (QED) is 0.910. The Morgan fingerprint density at radius 3 is 2.57 bits per heavy atom. The first-order valence-corrected chi connectivity index (χ1v) is 8.16. The maximum atomic E-state index is 13.0. The topological polar surface area (TPSA) is 32.3 Å². The largest absolute Gasteiger partial charge is 0.331 e. The van der Waals surface area contributed by atoms with Gasteiger partial charge in [-0.05, 0) is 44.0 Å². The summed E-state index contributed by atoms with van der Waals surface area (Å²) >= 11 is 12.1. The van der Waals surface area contributed by atoms with E-state index in [0.717, 1.165) is 19.5 Å². The Hall–Kier alpha value is -0.770. The number of hydrogen-bond acceptors (Lipinski definition) is 2. The lowest BCUT2D eigenvalue weighted by atomic mass is 10.00. The monoisotopic (exact) mass is 328 g/mol. The molecule has 2 atom stereocenters. The number of halogens is 2. The van der Waals surface area contributed by atoms with Gasteiger partial charge < -0.3 is 10.2 Å². The number of nitrogens with zero attached hydrogens (tertiary/aromatic N) is 1. The van der Waals surface area contributed by atoms with Crippen LogP contribution >= 0.6 is 23.2 Å². The Morgan fingerprint density at radius 2 is 2.05 bits per heavy atom. The highest BCUT2D eigenvalue weighted by Gasteiger charge is 2.33. The maximum Gasteiger partial charge on any atom is 0.255 e. The molecule has 0 radical (unpaired) electrons. The maximum absolute atomic E-state index is 13.0. The second-order valence-electron chi connectivity index (χ2n) is 5.97. The van der Waals surface area contributed by atoms with Gasteiger partial charge in [0.2, 0.25) is 0 Å². The van der Waals surface area contributed by atoms with Crippen molar-refractivity contribution >= 4 is 29.1 Å². The summed E-state index contributed by atoms with van der Waals surface area (Å²) in [5.41, 5.74) is 0.528. The van der Waals surface area contributed by atoms with Crippen molar-refractivity contribution in [2.24, 2.45) is 5.92 Å². The van der Waals surface area contributed by atoms with Crippen LogP contribution < -0.4 is 5.32 Å². The van der Waals surface area contributed by atoms with E-state index < -0.39 is 0 Å². The number of carbonyl (C=O) groups excluding carboxylic acids is 1. The molecule has 1 aliphatic heterocycles. The number of benzene rings is 1. The van der Waals surface area contributed by atoms with Gasteiger partial charge in [-0.2, -0.15) is 0 Å². The zero-order chi connectivity index (χ0) is 15.6. The van der Waals surface area contributed by atoms with Crippen molar-refractivity contribution in [3.05, 3.63) is 33.8 Å². The zero-order valence-electron chi connectivity index (χ0n) is 12.7. The zero-order valence-corrected chi connectivity index (χ0v) is 14.2. The van der Waals surface area contributed by atoms with Crippen molar-refractivity contribution in [1.29, 1.82) is 0 Å². The highest BCUT2D eigenvalue weighted by molar-refractivity contribution is 6.36. The summed E-state index contributed by atoms with van der Waals surface area (Å²) in [5, 5.41) is 4.29. The van der Waals surface area contributed by atoms with Gasteiger partial charge in [0.15, 0.2) is 0 Å². The Labute approximate surface area is 136 Å². The van der Waals surface area contributed by atoms with Crippen LogP contribution in [0.5, 0.6) is 0 Å². The van der Waals surface area contributed by atoms with Crippen molar-refractivity contribution in [3.8, 4) is 0 Å². The first-order valence-electron chi connectivity index (χ1n) is 7.40. The Morgan fingerprint density at radius 1 is 1.33 bits per heavy atom. The summed E-state index contributed by atoms with van der Waals surface area (Å²) in [6.45, 7) is 8.17. The number of hydrogen-bond donors (Lipinski definition) is 1. The molecule has 1 aromatic rings. The average molecular weight is 329 g/mol. The van der Waals surface area contributed by atoms with E-state index in [2.05, 4.69) is 26.1 Å². The molecule has 1 aliphatic rings. The molecule has 3 nitrogen and oxygen atoms in total. The van der Waals surface area contributed by atoms with Gasteiger partial charge in [0, 0.05) is 23.7 Å². The molecule has 1 aromatic carbocycles. The molecule has 1 fully saturated rings. The molecule has 2 rings (SSSR count). The number of carbonyl (C=O) groups is 1. The second-order valence-corrected chi connectivity index (χ2v) is 6.81. The van der Waals surface area contributed by atoms with Gasteiger partial charge in [0.1, 0.15) is 0 Å². The molecule has 1 heterocycles. The standard InChI is InChI=1S/C16H22Cl2N2O/c1-10(2)11(3)20(13-6-7-19-9-13)16(21)14-5-4-12(17)8-15(14)18/h4-5,8,10-11,13,19H,6-7,9H2,1-3H3. The summed E-state index contributed by atoms with van der Waals surface area (Å²) in [7, 11) is 0. The van der Waals surface area contributed by atoms with Crippen molar-refractivity contribution < 1.29 is 4.79 Å². The third-order valence-electron chi connectivity index (χ3n) is 4.23. The smallest absolute Gasteiger partial charge is 0.255 e. The van der Waals surface area contributed by atoms with Crippen LogP contribution in [0, 0.1) is 5.92 Å². The number of amides is 1. The summed E-state index contributed by atoms with van der Waals surface area (Å²) < 4.78 is 0. The van der Waals surface area contributed by atoms with Crippen LogP contribution in [0.2, 0.25) is 10.0 Å². The molecule has 21 heavy (non-hydrogen) atoms. The Kier molecular flexibility index (Phi) is 5.53. The predicted molar refractivity (Wildman–Crippen MR) is 88.2 cm³/mol. The first kappa shape index (κ1) is 16.6.